The smallest absolute Gasteiger partial charge is 0.328 e. The van der Waals surface area contributed by atoms with E-state index in [4.69, 9.17) is 5.73 Å². The van der Waals surface area contributed by atoms with Gasteiger partial charge in [0.25, 0.3) is 5.56 Å². The Morgan fingerprint density at radius 1 is 1.64 bits per heavy atom. The van der Waals surface area contributed by atoms with Crippen LogP contribution in [0.2, 0.25) is 0 Å². The van der Waals surface area contributed by atoms with E-state index < -0.39 is 17.2 Å². The topological polar surface area (TPSA) is 110 Å². The monoisotopic (exact) mass is 198 g/mol. The number of carbonyl (C=O) groups excluding carboxylic acids is 1. The van der Waals surface area contributed by atoms with Crippen LogP contribution in [0.1, 0.15) is 0 Å². The molecule has 1 aromatic heterocycles. The average molecular weight is 198 g/mol. The molecular weight excluding hydrogens is 188 g/mol. The van der Waals surface area contributed by atoms with Crippen LogP contribution in [0.15, 0.2) is 15.8 Å². The first-order valence-corrected chi connectivity index (χ1v) is 3.83. The van der Waals surface area contributed by atoms with Crippen LogP contribution in [0, 0.1) is 0 Å². The second kappa shape index (κ2) is 3.77. The summed E-state index contributed by atoms with van der Waals surface area (Å²) in [5.74, 6) is -0.585. The van der Waals surface area contributed by atoms with Gasteiger partial charge in [0.2, 0.25) is 5.91 Å². The quantitative estimate of drug-likeness (QED) is 0.520. The zero-order valence-electron chi connectivity index (χ0n) is 7.53. The van der Waals surface area contributed by atoms with Crippen molar-refractivity contribution in [2.45, 2.75) is 0 Å². The van der Waals surface area contributed by atoms with Gasteiger partial charge in [-0.1, -0.05) is 0 Å². The van der Waals surface area contributed by atoms with Crippen LogP contribution in [-0.4, -0.2) is 22.0 Å². The molecule has 76 valence electrons. The SMILES string of the molecule is Cn1cc(NCC(N)=O)c(=O)[nH]c1=O. The van der Waals surface area contributed by atoms with Crippen molar-refractivity contribution >= 4 is 11.6 Å². The van der Waals surface area contributed by atoms with Crippen LogP contribution < -0.4 is 22.3 Å². The molecule has 0 aromatic carbocycles. The number of rotatable bonds is 3. The number of anilines is 1. The van der Waals surface area contributed by atoms with Gasteiger partial charge in [0.15, 0.2) is 0 Å². The summed E-state index contributed by atoms with van der Waals surface area (Å²) in [5, 5.41) is 2.50. The molecule has 0 fully saturated rings. The van der Waals surface area contributed by atoms with Crippen molar-refractivity contribution in [3.05, 3.63) is 27.0 Å². The van der Waals surface area contributed by atoms with Crippen LogP contribution in [0.5, 0.6) is 0 Å². The first-order chi connectivity index (χ1) is 6.50. The Labute approximate surface area is 78.5 Å². The molecule has 0 radical (unpaired) electrons. The summed E-state index contributed by atoms with van der Waals surface area (Å²) in [7, 11) is 1.48. The van der Waals surface area contributed by atoms with Gasteiger partial charge >= 0.3 is 5.69 Å². The molecule has 0 aliphatic carbocycles. The van der Waals surface area contributed by atoms with Gasteiger partial charge in [-0.25, -0.2) is 4.79 Å². The number of carbonyl (C=O) groups is 1. The summed E-state index contributed by atoms with van der Waals surface area (Å²) >= 11 is 0. The number of nitrogens with two attached hydrogens (primary N) is 1. The van der Waals surface area contributed by atoms with Gasteiger partial charge < -0.3 is 15.6 Å². The van der Waals surface area contributed by atoms with Crippen LogP contribution >= 0.6 is 0 Å². The maximum Gasteiger partial charge on any atom is 0.328 e. The molecule has 0 unspecified atom stereocenters. The van der Waals surface area contributed by atoms with Crippen LogP contribution in [-0.2, 0) is 11.8 Å². The van der Waals surface area contributed by atoms with Crippen molar-refractivity contribution in [2.75, 3.05) is 11.9 Å². The molecule has 0 aliphatic rings. The molecule has 0 spiro atoms. The number of aromatic amines is 1. The number of nitrogens with one attached hydrogen (secondary N) is 2. The Hall–Kier alpha value is -2.05. The maximum absolute atomic E-state index is 11.1. The third kappa shape index (κ3) is 2.22. The molecule has 1 aromatic rings. The first kappa shape index (κ1) is 10.0. The van der Waals surface area contributed by atoms with Crippen LogP contribution in [0.25, 0.3) is 0 Å². The molecule has 7 heteroatoms. The molecule has 0 saturated heterocycles. The molecule has 1 amide bonds. The van der Waals surface area contributed by atoms with Crippen molar-refractivity contribution in [3.8, 4) is 0 Å². The zero-order valence-corrected chi connectivity index (χ0v) is 7.53. The van der Waals surface area contributed by atoms with Crippen molar-refractivity contribution in [3.63, 3.8) is 0 Å². The Morgan fingerprint density at radius 3 is 2.86 bits per heavy atom. The molecule has 0 bridgehead atoms. The lowest BCUT2D eigenvalue weighted by Crippen LogP contribution is -2.31. The lowest BCUT2D eigenvalue weighted by atomic mass is 10.5. The molecule has 14 heavy (non-hydrogen) atoms. The van der Waals surface area contributed by atoms with Gasteiger partial charge in [0.05, 0.1) is 6.54 Å². The third-order valence-electron chi connectivity index (χ3n) is 1.56. The highest BCUT2D eigenvalue weighted by molar-refractivity contribution is 5.78. The van der Waals surface area contributed by atoms with E-state index in [9.17, 15) is 14.4 Å². The van der Waals surface area contributed by atoms with Gasteiger partial charge in [-0.15, -0.1) is 0 Å². The Bertz CT molecular complexity index is 459. The molecule has 0 aliphatic heterocycles. The summed E-state index contributed by atoms with van der Waals surface area (Å²) < 4.78 is 1.19. The second-order valence-corrected chi connectivity index (χ2v) is 2.73. The van der Waals surface area contributed by atoms with Gasteiger partial charge in [0.1, 0.15) is 5.69 Å². The average Bonchev–Trinajstić information content (AvgIpc) is 2.09. The zero-order chi connectivity index (χ0) is 10.7. The molecular formula is C7H10N4O3. The minimum atomic E-state index is -0.585. The van der Waals surface area contributed by atoms with E-state index in [1.54, 1.807) is 0 Å². The van der Waals surface area contributed by atoms with Gasteiger partial charge in [-0.2, -0.15) is 0 Å². The highest BCUT2D eigenvalue weighted by Crippen LogP contribution is 1.91. The van der Waals surface area contributed by atoms with Crippen LogP contribution in [0.3, 0.4) is 0 Å². The number of amides is 1. The predicted molar refractivity (Wildman–Crippen MR) is 50.0 cm³/mol. The summed E-state index contributed by atoms with van der Waals surface area (Å²) in [5.41, 5.74) is 3.92. The fourth-order valence-electron chi connectivity index (χ4n) is 0.872. The predicted octanol–water partition coefficient (Wildman–Crippen LogP) is -2.03. The van der Waals surface area contributed by atoms with E-state index in [-0.39, 0.29) is 12.2 Å². The minimum Gasteiger partial charge on any atom is -0.370 e. The Balaban J connectivity index is 2.99. The molecule has 4 N–H and O–H groups in total. The first-order valence-electron chi connectivity index (χ1n) is 3.83. The fourth-order valence-corrected chi connectivity index (χ4v) is 0.872. The van der Waals surface area contributed by atoms with Crippen molar-refractivity contribution in [2.24, 2.45) is 12.8 Å². The third-order valence-corrected chi connectivity index (χ3v) is 1.56. The van der Waals surface area contributed by atoms with Gasteiger partial charge in [-0.05, 0) is 0 Å². The second-order valence-electron chi connectivity index (χ2n) is 2.73. The van der Waals surface area contributed by atoms with E-state index in [1.165, 1.54) is 17.8 Å². The van der Waals surface area contributed by atoms with Crippen molar-refractivity contribution < 1.29 is 4.79 Å². The molecule has 7 nitrogen and oxygen atoms in total. The van der Waals surface area contributed by atoms with E-state index in [1.807, 2.05) is 0 Å². The van der Waals surface area contributed by atoms with E-state index in [2.05, 4.69) is 10.3 Å². The number of nitrogens with zero attached hydrogens (tertiary/aromatic N) is 1. The van der Waals surface area contributed by atoms with Gasteiger partial charge in [-0.3, -0.25) is 14.6 Å². The normalized spacial score (nSPS) is 9.79. The molecule has 1 heterocycles. The van der Waals surface area contributed by atoms with Gasteiger partial charge in [0, 0.05) is 13.2 Å². The molecule has 0 atom stereocenters. The van der Waals surface area contributed by atoms with Crippen molar-refractivity contribution in [1.82, 2.24) is 9.55 Å². The largest absolute Gasteiger partial charge is 0.370 e. The minimum absolute atomic E-state index is 0.130. The summed E-state index contributed by atoms with van der Waals surface area (Å²) in [6.45, 7) is -0.152. The van der Waals surface area contributed by atoms with E-state index in [0.717, 1.165) is 0 Å². The lowest BCUT2D eigenvalue weighted by Gasteiger charge is -2.03. The van der Waals surface area contributed by atoms with E-state index >= 15 is 0 Å². The summed E-state index contributed by atoms with van der Waals surface area (Å²) in [6.07, 6.45) is 1.30. The highest BCUT2D eigenvalue weighted by Gasteiger charge is 2.02. The molecule has 1 rings (SSSR count). The number of hydrogen-bond acceptors (Lipinski definition) is 4. The number of primary amides is 1. The number of H-pyrrole nitrogens is 1. The molecule has 0 saturated carbocycles. The number of hydrogen-bond donors (Lipinski definition) is 3. The fraction of sp³-hybridized carbons (Fsp3) is 0.286. The Kier molecular flexibility index (Phi) is 2.70. The number of aryl methyl sites for hydroxylation is 1. The lowest BCUT2D eigenvalue weighted by molar-refractivity contribution is -0.116. The van der Waals surface area contributed by atoms with Crippen molar-refractivity contribution in [1.29, 1.82) is 0 Å². The Morgan fingerprint density at radius 2 is 2.29 bits per heavy atom. The van der Waals surface area contributed by atoms with Crippen LogP contribution in [0.4, 0.5) is 5.69 Å². The summed E-state index contributed by atoms with van der Waals surface area (Å²) in [4.78, 5) is 34.5. The maximum atomic E-state index is 11.1. The standard InChI is InChI=1S/C7H10N4O3/c1-11-3-4(9-2-5(8)12)6(13)10-7(11)14/h3,9H,2H2,1H3,(H2,8,12)(H,10,13,14). The summed E-state index contributed by atoms with van der Waals surface area (Å²) in [6, 6.07) is 0. The van der Waals surface area contributed by atoms with E-state index in [0.29, 0.717) is 0 Å². The number of aromatic nitrogens is 2. The highest BCUT2D eigenvalue weighted by atomic mass is 16.2.